The van der Waals surface area contributed by atoms with Gasteiger partial charge in [0.25, 0.3) is 0 Å². The van der Waals surface area contributed by atoms with Crippen molar-refractivity contribution in [2.45, 2.75) is 0 Å². The lowest BCUT2D eigenvalue weighted by atomic mass is 10.2. The van der Waals surface area contributed by atoms with E-state index in [9.17, 15) is 0 Å². The molecule has 0 amide bonds. The van der Waals surface area contributed by atoms with Gasteiger partial charge in [-0.1, -0.05) is 11.6 Å². The Hall–Kier alpha value is -2.14. The van der Waals surface area contributed by atoms with Crippen LogP contribution < -0.4 is 10.6 Å². The van der Waals surface area contributed by atoms with Gasteiger partial charge >= 0.3 is 0 Å². The van der Waals surface area contributed by atoms with Gasteiger partial charge in [-0.2, -0.15) is 0 Å². The average molecular weight is 262 g/mol. The number of benzene rings is 1. The molecule has 0 radical (unpaired) electrons. The Bertz CT molecular complexity index is 567. The maximum Gasteiger partial charge on any atom is 0.154 e. The van der Waals surface area contributed by atoms with Gasteiger partial charge < -0.3 is 10.6 Å². The van der Waals surface area contributed by atoms with Crippen molar-refractivity contribution in [3.05, 3.63) is 47.4 Å². The van der Waals surface area contributed by atoms with E-state index in [0.717, 1.165) is 5.69 Å². The van der Waals surface area contributed by atoms with E-state index in [1.54, 1.807) is 18.3 Å². The van der Waals surface area contributed by atoms with Crippen LogP contribution in [0.4, 0.5) is 11.5 Å². The van der Waals surface area contributed by atoms with Crippen molar-refractivity contribution in [2.75, 3.05) is 11.9 Å². The molecule has 0 aliphatic carbocycles. The number of nitrogens with zero attached hydrogens (tertiary/aromatic N) is 3. The predicted molar refractivity (Wildman–Crippen MR) is 72.6 cm³/mol. The zero-order valence-corrected chi connectivity index (χ0v) is 10.5. The lowest BCUT2D eigenvalue weighted by Gasteiger charge is -2.19. The van der Waals surface area contributed by atoms with Gasteiger partial charge in [0.1, 0.15) is 17.2 Å². The molecule has 18 heavy (non-hydrogen) atoms. The highest BCUT2D eigenvalue weighted by atomic mass is 35.5. The second-order valence-electron chi connectivity index (χ2n) is 3.71. The van der Waals surface area contributed by atoms with Crippen molar-refractivity contribution >= 4 is 28.9 Å². The summed E-state index contributed by atoms with van der Waals surface area (Å²) >= 11 is 6.03. The highest BCUT2D eigenvalue weighted by Crippen LogP contribution is 2.27. The van der Waals surface area contributed by atoms with Crippen LogP contribution in [0.25, 0.3) is 0 Å². The highest BCUT2D eigenvalue weighted by molar-refractivity contribution is 6.32. The Morgan fingerprint density at radius 2 is 2.00 bits per heavy atom. The molecule has 0 saturated carbocycles. The number of aromatic nitrogens is 2. The quantitative estimate of drug-likeness (QED) is 0.656. The van der Waals surface area contributed by atoms with Crippen LogP contribution in [0.5, 0.6) is 0 Å². The van der Waals surface area contributed by atoms with E-state index in [0.29, 0.717) is 16.4 Å². The van der Waals surface area contributed by atoms with Crippen molar-refractivity contribution in [2.24, 2.45) is 5.73 Å². The molecular formula is C12H12ClN5. The largest absolute Gasteiger partial charge is 0.384 e. The van der Waals surface area contributed by atoms with E-state index < -0.39 is 0 Å². The first-order chi connectivity index (χ1) is 8.59. The van der Waals surface area contributed by atoms with E-state index in [2.05, 4.69) is 9.97 Å². The zero-order chi connectivity index (χ0) is 13.1. The number of nitrogen functional groups attached to an aromatic ring is 1. The maximum atomic E-state index is 7.33. The van der Waals surface area contributed by atoms with Crippen LogP contribution in [0.2, 0.25) is 5.02 Å². The lowest BCUT2D eigenvalue weighted by molar-refractivity contribution is 1.08. The summed E-state index contributed by atoms with van der Waals surface area (Å²) < 4.78 is 0. The molecule has 0 atom stereocenters. The summed E-state index contributed by atoms with van der Waals surface area (Å²) in [4.78, 5) is 9.81. The summed E-state index contributed by atoms with van der Waals surface area (Å²) in [6.45, 7) is 0. The molecule has 2 rings (SSSR count). The molecule has 0 aliphatic heterocycles. The number of amidine groups is 1. The third-order valence-electron chi connectivity index (χ3n) is 2.53. The number of hydrogen-bond donors (Lipinski definition) is 2. The Morgan fingerprint density at radius 3 is 2.56 bits per heavy atom. The zero-order valence-electron chi connectivity index (χ0n) is 9.76. The Labute approximate surface area is 110 Å². The third kappa shape index (κ3) is 2.41. The number of hydrogen-bond acceptors (Lipinski definition) is 4. The second-order valence-corrected chi connectivity index (χ2v) is 4.12. The fourth-order valence-corrected chi connectivity index (χ4v) is 1.77. The predicted octanol–water partition coefficient (Wildman–Crippen LogP) is 2.18. The smallest absolute Gasteiger partial charge is 0.154 e. The van der Waals surface area contributed by atoms with Crippen LogP contribution in [0.3, 0.4) is 0 Å². The summed E-state index contributed by atoms with van der Waals surface area (Å²) in [6, 6.07) is 7.27. The van der Waals surface area contributed by atoms with Crippen molar-refractivity contribution in [3.63, 3.8) is 0 Å². The van der Waals surface area contributed by atoms with E-state index in [1.165, 1.54) is 6.33 Å². The van der Waals surface area contributed by atoms with Gasteiger partial charge in [-0.15, -0.1) is 0 Å². The molecule has 0 spiro atoms. The summed E-state index contributed by atoms with van der Waals surface area (Å²) in [5.41, 5.74) is 6.99. The van der Waals surface area contributed by atoms with Crippen LogP contribution in [0.15, 0.2) is 36.8 Å². The summed E-state index contributed by atoms with van der Waals surface area (Å²) in [7, 11) is 1.86. The van der Waals surface area contributed by atoms with E-state index in [-0.39, 0.29) is 5.84 Å². The van der Waals surface area contributed by atoms with E-state index in [4.69, 9.17) is 22.7 Å². The molecule has 5 nitrogen and oxygen atoms in total. The molecule has 0 unspecified atom stereocenters. The Kier molecular flexibility index (Phi) is 3.43. The third-order valence-corrected chi connectivity index (χ3v) is 2.80. The molecule has 1 aromatic carbocycles. The Balaban J connectivity index is 2.32. The van der Waals surface area contributed by atoms with Gasteiger partial charge in [-0.05, 0) is 24.3 Å². The summed E-state index contributed by atoms with van der Waals surface area (Å²) in [5.74, 6) is 0.673. The normalized spacial score (nSPS) is 10.1. The molecule has 3 N–H and O–H groups in total. The lowest BCUT2D eigenvalue weighted by Crippen LogP contribution is -2.14. The number of rotatable bonds is 3. The second kappa shape index (κ2) is 5.01. The minimum Gasteiger partial charge on any atom is -0.384 e. The van der Waals surface area contributed by atoms with Crippen LogP contribution >= 0.6 is 11.6 Å². The molecular weight excluding hydrogens is 250 g/mol. The number of nitrogens with two attached hydrogens (primary N) is 1. The molecule has 92 valence electrons. The Morgan fingerprint density at radius 1 is 1.33 bits per heavy atom. The molecule has 1 aromatic heterocycles. The van der Waals surface area contributed by atoms with Crippen LogP contribution in [0, 0.1) is 5.41 Å². The van der Waals surface area contributed by atoms with Gasteiger partial charge in [0.15, 0.2) is 5.82 Å². The highest BCUT2D eigenvalue weighted by Gasteiger charge is 2.09. The van der Waals surface area contributed by atoms with Crippen molar-refractivity contribution < 1.29 is 0 Å². The minimum absolute atomic E-state index is 0.0456. The monoisotopic (exact) mass is 261 g/mol. The first-order valence-electron chi connectivity index (χ1n) is 5.23. The number of anilines is 2. The SMILES string of the molecule is CN(c1ccc(C(=N)N)cc1)c1ncncc1Cl. The fourth-order valence-electron chi connectivity index (χ4n) is 1.54. The van der Waals surface area contributed by atoms with Gasteiger partial charge in [-0.25, -0.2) is 9.97 Å². The van der Waals surface area contributed by atoms with Gasteiger partial charge in [0, 0.05) is 18.3 Å². The number of halogens is 1. The molecule has 6 heteroatoms. The van der Waals surface area contributed by atoms with Gasteiger partial charge in [-0.3, -0.25) is 5.41 Å². The van der Waals surface area contributed by atoms with E-state index in [1.807, 2.05) is 24.1 Å². The summed E-state index contributed by atoms with van der Waals surface area (Å²) in [5, 5.41) is 7.82. The van der Waals surface area contributed by atoms with E-state index >= 15 is 0 Å². The van der Waals surface area contributed by atoms with Crippen LogP contribution in [-0.2, 0) is 0 Å². The van der Waals surface area contributed by atoms with Gasteiger partial charge in [0.2, 0.25) is 0 Å². The first-order valence-corrected chi connectivity index (χ1v) is 5.61. The fraction of sp³-hybridized carbons (Fsp3) is 0.0833. The molecule has 0 bridgehead atoms. The molecule has 1 heterocycles. The minimum atomic E-state index is 0.0456. The van der Waals surface area contributed by atoms with Gasteiger partial charge in [0.05, 0.1) is 6.20 Å². The van der Waals surface area contributed by atoms with Crippen LogP contribution in [0.1, 0.15) is 5.56 Å². The molecule has 0 fully saturated rings. The maximum absolute atomic E-state index is 7.33. The molecule has 2 aromatic rings. The van der Waals surface area contributed by atoms with Crippen molar-refractivity contribution in [3.8, 4) is 0 Å². The molecule has 0 aliphatic rings. The van der Waals surface area contributed by atoms with Crippen molar-refractivity contribution in [1.82, 2.24) is 9.97 Å². The molecule has 0 saturated heterocycles. The first kappa shape index (κ1) is 12.3. The summed E-state index contributed by atoms with van der Waals surface area (Å²) in [6.07, 6.45) is 2.99. The average Bonchev–Trinajstić information content (AvgIpc) is 2.38. The van der Waals surface area contributed by atoms with Crippen molar-refractivity contribution in [1.29, 1.82) is 5.41 Å². The standard InChI is InChI=1S/C12H12ClN5/c1-18(12-10(13)6-16-7-17-12)9-4-2-8(3-5-9)11(14)15/h2-7H,1H3,(H3,14,15). The number of nitrogens with one attached hydrogen (secondary N) is 1. The van der Waals surface area contributed by atoms with Crippen LogP contribution in [-0.4, -0.2) is 22.9 Å². The topological polar surface area (TPSA) is 78.9 Å².